The quantitative estimate of drug-likeness (QED) is 0.630. The first-order valence-corrected chi connectivity index (χ1v) is 9.12. The number of sulfone groups is 1. The molecule has 0 atom stereocenters. The molecule has 1 rings (SSSR count). The van der Waals surface area contributed by atoms with Gasteiger partial charge in [0, 0.05) is 19.7 Å². The Morgan fingerprint density at radius 1 is 1.27 bits per heavy atom. The lowest BCUT2D eigenvalue weighted by Crippen LogP contribution is -2.38. The Kier molecular flexibility index (Phi) is 7.46. The fraction of sp³-hybridized carbons (Fsp3) is 0.769. The summed E-state index contributed by atoms with van der Waals surface area (Å²) in [5.74, 6) is -0.0335. The first-order valence-electron chi connectivity index (χ1n) is 7.47. The normalized spacial score (nSPS) is 11.6. The minimum absolute atomic E-state index is 0.0335. The predicted octanol–water partition coefficient (Wildman–Crippen LogP) is 1.18. The van der Waals surface area contributed by atoms with E-state index in [0.717, 1.165) is 17.4 Å². The standard InChI is InChI=1S/C13H24N4O4S/c1-4-7-16(8-9-21-6-3)13(18)17-11-14-12(15-17)22(19,20)10-5-2/h11H,4-10H2,1-3H3. The van der Waals surface area contributed by atoms with E-state index in [0.29, 0.717) is 32.7 Å². The summed E-state index contributed by atoms with van der Waals surface area (Å²) < 4.78 is 30.0. The summed E-state index contributed by atoms with van der Waals surface area (Å²) >= 11 is 0. The Bertz CT molecular complexity index is 570. The number of hydrogen-bond acceptors (Lipinski definition) is 6. The summed E-state index contributed by atoms with van der Waals surface area (Å²) in [6, 6.07) is -0.396. The molecule has 0 aliphatic heterocycles. The van der Waals surface area contributed by atoms with Crippen molar-refractivity contribution in [3.05, 3.63) is 6.33 Å². The zero-order chi connectivity index (χ0) is 16.6. The summed E-state index contributed by atoms with van der Waals surface area (Å²) in [4.78, 5) is 17.7. The molecule has 0 aliphatic carbocycles. The highest BCUT2D eigenvalue weighted by atomic mass is 32.2. The van der Waals surface area contributed by atoms with Gasteiger partial charge in [-0.1, -0.05) is 13.8 Å². The van der Waals surface area contributed by atoms with Crippen LogP contribution >= 0.6 is 0 Å². The number of hydrogen-bond donors (Lipinski definition) is 0. The molecule has 0 saturated carbocycles. The maximum absolute atomic E-state index is 12.4. The zero-order valence-electron chi connectivity index (χ0n) is 13.4. The highest BCUT2D eigenvalue weighted by Gasteiger charge is 2.22. The van der Waals surface area contributed by atoms with E-state index in [4.69, 9.17) is 4.74 Å². The fourth-order valence-corrected chi connectivity index (χ4v) is 3.02. The lowest BCUT2D eigenvalue weighted by molar-refractivity contribution is 0.118. The van der Waals surface area contributed by atoms with Crippen molar-refractivity contribution < 1.29 is 17.9 Å². The summed E-state index contributed by atoms with van der Waals surface area (Å²) in [6.07, 6.45) is 2.41. The molecule has 9 heteroatoms. The highest BCUT2D eigenvalue weighted by Crippen LogP contribution is 2.06. The van der Waals surface area contributed by atoms with Crippen LogP contribution in [0.4, 0.5) is 4.79 Å². The third-order valence-corrected chi connectivity index (χ3v) is 4.58. The zero-order valence-corrected chi connectivity index (χ0v) is 14.2. The van der Waals surface area contributed by atoms with Crippen LogP contribution in [0.3, 0.4) is 0 Å². The van der Waals surface area contributed by atoms with Crippen LogP contribution in [0, 0.1) is 0 Å². The van der Waals surface area contributed by atoms with E-state index in [2.05, 4.69) is 10.1 Å². The van der Waals surface area contributed by atoms with Crippen molar-refractivity contribution in [2.75, 3.05) is 32.1 Å². The predicted molar refractivity (Wildman–Crippen MR) is 81.5 cm³/mol. The van der Waals surface area contributed by atoms with Gasteiger partial charge in [-0.2, -0.15) is 4.68 Å². The number of rotatable bonds is 9. The summed E-state index contributed by atoms with van der Waals surface area (Å²) in [5.41, 5.74) is 0. The van der Waals surface area contributed by atoms with E-state index >= 15 is 0 Å². The number of aromatic nitrogens is 3. The van der Waals surface area contributed by atoms with Crippen LogP contribution in [0.2, 0.25) is 0 Å². The van der Waals surface area contributed by atoms with Crippen LogP contribution in [-0.4, -0.2) is 66.2 Å². The van der Waals surface area contributed by atoms with Crippen molar-refractivity contribution in [3.8, 4) is 0 Å². The molecule has 0 bridgehead atoms. The molecule has 0 spiro atoms. The second kappa shape index (κ2) is 8.84. The van der Waals surface area contributed by atoms with Gasteiger partial charge in [0.15, 0.2) is 0 Å². The van der Waals surface area contributed by atoms with Crippen LogP contribution in [0.15, 0.2) is 11.5 Å². The molecule has 0 fully saturated rings. The maximum Gasteiger partial charge on any atom is 0.346 e. The molecule has 1 amide bonds. The molecule has 0 aromatic carbocycles. The van der Waals surface area contributed by atoms with Crippen molar-refractivity contribution >= 4 is 15.9 Å². The molecular formula is C13H24N4O4S. The molecule has 0 N–H and O–H groups in total. The minimum Gasteiger partial charge on any atom is -0.380 e. The molecule has 8 nitrogen and oxygen atoms in total. The Labute approximate surface area is 131 Å². The third-order valence-electron chi connectivity index (χ3n) is 2.89. The van der Waals surface area contributed by atoms with Crippen molar-refractivity contribution in [1.82, 2.24) is 19.7 Å². The Morgan fingerprint density at radius 3 is 2.59 bits per heavy atom. The van der Waals surface area contributed by atoms with E-state index < -0.39 is 15.9 Å². The molecule has 0 aliphatic rings. The SMILES string of the molecule is CCCN(CCOCC)C(=O)n1cnc(S(=O)(=O)CCC)n1. The van der Waals surface area contributed by atoms with Gasteiger partial charge in [-0.25, -0.2) is 18.2 Å². The van der Waals surface area contributed by atoms with E-state index in [9.17, 15) is 13.2 Å². The summed E-state index contributed by atoms with van der Waals surface area (Å²) in [7, 11) is -3.52. The monoisotopic (exact) mass is 332 g/mol. The molecule has 22 heavy (non-hydrogen) atoms. The Balaban J connectivity index is 2.84. The van der Waals surface area contributed by atoms with Gasteiger partial charge in [-0.3, -0.25) is 0 Å². The first-order chi connectivity index (χ1) is 10.5. The van der Waals surface area contributed by atoms with Gasteiger partial charge in [-0.15, -0.1) is 5.10 Å². The Morgan fingerprint density at radius 2 is 2.00 bits per heavy atom. The Hall–Kier alpha value is -1.48. The number of ether oxygens (including phenoxy) is 1. The molecule has 1 aromatic rings. The van der Waals surface area contributed by atoms with E-state index in [1.807, 2.05) is 13.8 Å². The van der Waals surface area contributed by atoms with Gasteiger partial charge >= 0.3 is 6.03 Å². The average Bonchev–Trinajstić information content (AvgIpc) is 2.96. The van der Waals surface area contributed by atoms with Gasteiger partial charge in [0.1, 0.15) is 6.33 Å². The van der Waals surface area contributed by atoms with Crippen LogP contribution in [-0.2, 0) is 14.6 Å². The molecular weight excluding hydrogens is 308 g/mol. The third kappa shape index (κ3) is 5.06. The highest BCUT2D eigenvalue weighted by molar-refractivity contribution is 7.91. The maximum atomic E-state index is 12.4. The van der Waals surface area contributed by atoms with Crippen molar-refractivity contribution in [1.29, 1.82) is 0 Å². The lowest BCUT2D eigenvalue weighted by atomic mass is 10.4. The average molecular weight is 332 g/mol. The largest absolute Gasteiger partial charge is 0.380 e. The number of nitrogens with zero attached hydrogens (tertiary/aromatic N) is 4. The van der Waals surface area contributed by atoms with Gasteiger partial charge in [-0.05, 0) is 19.8 Å². The van der Waals surface area contributed by atoms with Crippen molar-refractivity contribution in [2.24, 2.45) is 0 Å². The first kappa shape index (κ1) is 18.6. The molecule has 1 aromatic heterocycles. The van der Waals surface area contributed by atoms with Crippen LogP contribution in [0.1, 0.15) is 33.6 Å². The van der Waals surface area contributed by atoms with Gasteiger partial charge in [0.25, 0.3) is 5.16 Å². The van der Waals surface area contributed by atoms with E-state index in [-0.39, 0.29) is 10.9 Å². The van der Waals surface area contributed by atoms with Gasteiger partial charge in [0.05, 0.1) is 12.4 Å². The van der Waals surface area contributed by atoms with E-state index in [1.54, 1.807) is 11.8 Å². The second-order valence-corrected chi connectivity index (χ2v) is 6.76. The molecule has 0 unspecified atom stereocenters. The number of carbonyl (C=O) groups excluding carboxylic acids is 1. The second-order valence-electron chi connectivity index (χ2n) is 4.76. The molecule has 0 radical (unpaired) electrons. The molecule has 1 heterocycles. The minimum atomic E-state index is -3.52. The van der Waals surface area contributed by atoms with Crippen molar-refractivity contribution in [2.45, 2.75) is 38.8 Å². The van der Waals surface area contributed by atoms with Crippen LogP contribution in [0.25, 0.3) is 0 Å². The number of carbonyl (C=O) groups is 1. The van der Waals surface area contributed by atoms with Crippen LogP contribution in [0.5, 0.6) is 0 Å². The number of amides is 1. The smallest absolute Gasteiger partial charge is 0.346 e. The lowest BCUT2D eigenvalue weighted by Gasteiger charge is -2.21. The van der Waals surface area contributed by atoms with Crippen molar-refractivity contribution in [3.63, 3.8) is 0 Å². The molecule has 0 saturated heterocycles. The van der Waals surface area contributed by atoms with Gasteiger partial charge in [0.2, 0.25) is 9.84 Å². The topological polar surface area (TPSA) is 94.4 Å². The summed E-state index contributed by atoms with van der Waals surface area (Å²) in [5, 5.41) is 3.52. The van der Waals surface area contributed by atoms with Gasteiger partial charge < -0.3 is 9.64 Å². The van der Waals surface area contributed by atoms with Crippen LogP contribution < -0.4 is 0 Å². The summed E-state index contributed by atoms with van der Waals surface area (Å²) in [6.45, 7) is 7.58. The van der Waals surface area contributed by atoms with E-state index in [1.165, 1.54) is 0 Å². The molecule has 126 valence electrons. The fourth-order valence-electron chi connectivity index (χ4n) is 1.88.